The number of rotatable bonds is 16. The van der Waals surface area contributed by atoms with Gasteiger partial charge in [-0.25, -0.2) is 4.79 Å². The summed E-state index contributed by atoms with van der Waals surface area (Å²) in [6, 6.07) is -3.70. The molecule has 12 heteroatoms. The van der Waals surface area contributed by atoms with Crippen LogP contribution in [-0.2, 0) is 19.2 Å². The van der Waals surface area contributed by atoms with Crippen LogP contribution >= 0.6 is 36.2 Å². The zero-order valence-corrected chi connectivity index (χ0v) is 21.1. The van der Waals surface area contributed by atoms with E-state index < -0.39 is 47.9 Å². The first kappa shape index (κ1) is 29.9. The van der Waals surface area contributed by atoms with E-state index in [4.69, 9.17) is 5.73 Å². The number of carbonyl (C=O) groups excluding carboxylic acids is 3. The summed E-state index contributed by atoms with van der Waals surface area (Å²) in [7, 11) is 0. The van der Waals surface area contributed by atoms with Crippen LogP contribution in [0.3, 0.4) is 0 Å². The van der Waals surface area contributed by atoms with Crippen molar-refractivity contribution in [2.24, 2.45) is 11.7 Å². The molecule has 0 bridgehead atoms. The Morgan fingerprint density at radius 2 is 1.35 bits per heavy atom. The fourth-order valence-electron chi connectivity index (χ4n) is 2.52. The SMILES string of the molecule is CCC(C)C(N)C(=O)NC(CCSC)C(=O)NC(CS)C(=O)NC(CCSC)C(=O)O. The minimum absolute atomic E-state index is 0.0258. The molecule has 0 saturated heterocycles. The van der Waals surface area contributed by atoms with Gasteiger partial charge in [0.15, 0.2) is 0 Å². The maximum absolute atomic E-state index is 12.8. The Balaban J connectivity index is 5.18. The Morgan fingerprint density at radius 3 is 1.81 bits per heavy atom. The first-order valence-electron chi connectivity index (χ1n) is 10.1. The molecule has 6 N–H and O–H groups in total. The summed E-state index contributed by atoms with van der Waals surface area (Å²) in [4.78, 5) is 49.1. The van der Waals surface area contributed by atoms with Crippen LogP contribution < -0.4 is 21.7 Å². The molecule has 0 fully saturated rings. The molecule has 180 valence electrons. The molecule has 0 aromatic carbocycles. The third-order valence-electron chi connectivity index (χ3n) is 4.84. The van der Waals surface area contributed by atoms with Gasteiger partial charge in [-0.15, -0.1) is 0 Å². The van der Waals surface area contributed by atoms with Crippen LogP contribution in [0.15, 0.2) is 0 Å². The molecule has 31 heavy (non-hydrogen) atoms. The maximum atomic E-state index is 12.8. The van der Waals surface area contributed by atoms with Gasteiger partial charge < -0.3 is 26.8 Å². The molecule has 0 aliphatic heterocycles. The van der Waals surface area contributed by atoms with E-state index in [0.29, 0.717) is 17.9 Å². The summed E-state index contributed by atoms with van der Waals surface area (Å²) < 4.78 is 0. The summed E-state index contributed by atoms with van der Waals surface area (Å²) in [6.45, 7) is 3.79. The van der Waals surface area contributed by atoms with Crippen LogP contribution in [0.5, 0.6) is 0 Å². The summed E-state index contributed by atoms with van der Waals surface area (Å²) in [5.41, 5.74) is 5.96. The Bertz CT molecular complexity index is 597. The molecule has 0 radical (unpaired) electrons. The van der Waals surface area contributed by atoms with E-state index in [0.717, 1.165) is 6.42 Å². The van der Waals surface area contributed by atoms with Crippen molar-refractivity contribution in [3.63, 3.8) is 0 Å². The van der Waals surface area contributed by atoms with Crippen molar-refractivity contribution in [2.75, 3.05) is 29.8 Å². The van der Waals surface area contributed by atoms with Gasteiger partial charge in [-0.05, 0) is 42.8 Å². The van der Waals surface area contributed by atoms with E-state index in [9.17, 15) is 24.3 Å². The average molecular weight is 497 g/mol. The second-order valence-electron chi connectivity index (χ2n) is 7.18. The fourth-order valence-corrected chi connectivity index (χ4v) is 3.72. The molecule has 3 amide bonds. The van der Waals surface area contributed by atoms with Gasteiger partial charge >= 0.3 is 5.97 Å². The maximum Gasteiger partial charge on any atom is 0.326 e. The van der Waals surface area contributed by atoms with Crippen LogP contribution in [0, 0.1) is 5.92 Å². The van der Waals surface area contributed by atoms with E-state index in [1.54, 1.807) is 0 Å². The predicted octanol–water partition coefficient (Wildman–Crippen LogP) is 0.335. The smallest absolute Gasteiger partial charge is 0.326 e. The van der Waals surface area contributed by atoms with Crippen molar-refractivity contribution in [1.29, 1.82) is 0 Å². The highest BCUT2D eigenvalue weighted by Crippen LogP contribution is 2.08. The molecule has 0 aliphatic carbocycles. The van der Waals surface area contributed by atoms with Gasteiger partial charge in [0.25, 0.3) is 0 Å². The lowest BCUT2D eigenvalue weighted by Crippen LogP contribution is -2.58. The second kappa shape index (κ2) is 16.5. The zero-order chi connectivity index (χ0) is 24.0. The zero-order valence-electron chi connectivity index (χ0n) is 18.6. The molecule has 5 unspecified atom stereocenters. The molecular formula is C19H36N4O5S3. The third-order valence-corrected chi connectivity index (χ3v) is 6.50. The Labute approximate surface area is 198 Å². The van der Waals surface area contributed by atoms with Gasteiger partial charge in [-0.1, -0.05) is 20.3 Å². The largest absolute Gasteiger partial charge is 0.480 e. The normalized spacial score (nSPS) is 15.8. The van der Waals surface area contributed by atoms with Gasteiger partial charge in [0, 0.05) is 5.75 Å². The number of thiol groups is 1. The predicted molar refractivity (Wildman–Crippen MR) is 131 cm³/mol. The summed E-state index contributed by atoms with van der Waals surface area (Å²) >= 11 is 7.11. The highest BCUT2D eigenvalue weighted by molar-refractivity contribution is 7.98. The average Bonchev–Trinajstić information content (AvgIpc) is 2.75. The molecule has 0 saturated carbocycles. The van der Waals surface area contributed by atoms with Gasteiger partial charge in [0.05, 0.1) is 6.04 Å². The lowest BCUT2D eigenvalue weighted by molar-refractivity contribution is -0.142. The van der Waals surface area contributed by atoms with Crippen molar-refractivity contribution in [3.8, 4) is 0 Å². The number of carboxylic acids is 1. The van der Waals surface area contributed by atoms with Crippen molar-refractivity contribution in [3.05, 3.63) is 0 Å². The van der Waals surface area contributed by atoms with Crippen molar-refractivity contribution in [1.82, 2.24) is 16.0 Å². The topological polar surface area (TPSA) is 151 Å². The number of amides is 3. The number of nitrogens with one attached hydrogen (secondary N) is 3. The molecule has 0 heterocycles. The van der Waals surface area contributed by atoms with Crippen LogP contribution in [0.4, 0.5) is 0 Å². The molecular weight excluding hydrogens is 460 g/mol. The van der Waals surface area contributed by atoms with Gasteiger partial charge in [0.1, 0.15) is 18.1 Å². The quantitative estimate of drug-likeness (QED) is 0.167. The van der Waals surface area contributed by atoms with E-state index >= 15 is 0 Å². The monoisotopic (exact) mass is 496 g/mol. The molecule has 0 aliphatic rings. The first-order valence-corrected chi connectivity index (χ1v) is 13.5. The number of hydrogen-bond acceptors (Lipinski definition) is 8. The minimum Gasteiger partial charge on any atom is -0.480 e. The molecule has 0 rings (SSSR count). The highest BCUT2D eigenvalue weighted by Gasteiger charge is 2.30. The molecule has 0 aromatic heterocycles. The van der Waals surface area contributed by atoms with Crippen LogP contribution in [-0.4, -0.2) is 82.7 Å². The summed E-state index contributed by atoms with van der Waals surface area (Å²) in [5, 5.41) is 17.0. The Kier molecular flexibility index (Phi) is 15.9. The number of nitrogens with two attached hydrogens (primary N) is 1. The molecule has 9 nitrogen and oxygen atoms in total. The number of carbonyl (C=O) groups is 4. The third kappa shape index (κ3) is 11.4. The molecule has 0 aromatic rings. The van der Waals surface area contributed by atoms with E-state index in [2.05, 4.69) is 28.6 Å². The fraction of sp³-hybridized carbons (Fsp3) is 0.789. The van der Waals surface area contributed by atoms with Crippen LogP contribution in [0.1, 0.15) is 33.1 Å². The van der Waals surface area contributed by atoms with E-state index in [1.807, 2.05) is 26.4 Å². The van der Waals surface area contributed by atoms with Crippen molar-refractivity contribution >= 4 is 59.8 Å². The lowest BCUT2D eigenvalue weighted by Gasteiger charge is -2.25. The van der Waals surface area contributed by atoms with Gasteiger partial charge in [-0.3, -0.25) is 14.4 Å². The minimum atomic E-state index is -1.14. The lowest BCUT2D eigenvalue weighted by atomic mass is 9.99. The van der Waals surface area contributed by atoms with E-state index in [-0.39, 0.29) is 18.1 Å². The van der Waals surface area contributed by atoms with Crippen LogP contribution in [0.2, 0.25) is 0 Å². The number of aliphatic carboxylic acids is 1. The number of hydrogen-bond donors (Lipinski definition) is 6. The highest BCUT2D eigenvalue weighted by atomic mass is 32.2. The number of thioether (sulfide) groups is 2. The van der Waals surface area contributed by atoms with Gasteiger partial charge in [-0.2, -0.15) is 36.2 Å². The second-order valence-corrected chi connectivity index (χ2v) is 9.51. The standard InChI is InChI=1S/C19H36N4O5S3/c1-5-11(2)15(20)18(26)21-12(6-8-30-3)16(24)23-14(10-29)17(25)22-13(19(27)28)7-9-31-4/h11-15,29H,5-10,20H2,1-4H3,(H,21,26)(H,22,25)(H,23,24)(H,27,28). The van der Waals surface area contributed by atoms with E-state index in [1.165, 1.54) is 23.5 Å². The van der Waals surface area contributed by atoms with Gasteiger partial charge in [0.2, 0.25) is 17.7 Å². The summed E-state index contributed by atoms with van der Waals surface area (Å²) in [6.07, 6.45) is 5.06. The molecule has 5 atom stereocenters. The number of carboxylic acid groups (broad SMARTS) is 1. The summed E-state index contributed by atoms with van der Waals surface area (Å²) in [5.74, 6) is -1.64. The van der Waals surface area contributed by atoms with Crippen molar-refractivity contribution < 1.29 is 24.3 Å². The van der Waals surface area contributed by atoms with Crippen molar-refractivity contribution in [2.45, 2.75) is 57.3 Å². The molecule has 0 spiro atoms. The Hall–Kier alpha value is -1.11. The Morgan fingerprint density at radius 1 is 0.903 bits per heavy atom. The first-order chi connectivity index (χ1) is 14.6. The van der Waals surface area contributed by atoms with Crippen LogP contribution in [0.25, 0.3) is 0 Å².